The second-order valence-electron chi connectivity index (χ2n) is 4.17. The van der Waals surface area contributed by atoms with Crippen LogP contribution in [0.5, 0.6) is 0 Å². The van der Waals surface area contributed by atoms with Crippen molar-refractivity contribution in [3.63, 3.8) is 0 Å². The molecule has 0 bridgehead atoms. The van der Waals surface area contributed by atoms with Crippen molar-refractivity contribution in [3.8, 4) is 5.69 Å². The van der Waals surface area contributed by atoms with Crippen LogP contribution in [0.3, 0.4) is 0 Å². The lowest BCUT2D eigenvalue weighted by atomic mass is 10.1. The molecule has 0 amide bonds. The number of hydrogen-bond acceptors (Lipinski definition) is 2. The zero-order valence-corrected chi connectivity index (χ0v) is 9.35. The summed E-state index contributed by atoms with van der Waals surface area (Å²) in [6, 6.07) is 5.67. The number of nitrogens with zero attached hydrogens (tertiary/aromatic N) is 2. The highest BCUT2D eigenvalue weighted by atomic mass is 35.5. The van der Waals surface area contributed by atoms with E-state index < -0.39 is 5.60 Å². The maximum absolute atomic E-state index is 9.97. The summed E-state index contributed by atoms with van der Waals surface area (Å²) in [6.07, 6.45) is 6.90. The van der Waals surface area contributed by atoms with E-state index in [4.69, 9.17) is 11.6 Å². The Morgan fingerprint density at radius 3 is 2.75 bits per heavy atom. The predicted octanol–water partition coefficient (Wildman–Crippen LogP) is 2.51. The van der Waals surface area contributed by atoms with Gasteiger partial charge in [-0.05, 0) is 30.5 Å². The first kappa shape index (κ1) is 9.87. The fourth-order valence-corrected chi connectivity index (χ4v) is 2.09. The van der Waals surface area contributed by atoms with Gasteiger partial charge in [-0.1, -0.05) is 17.7 Å². The van der Waals surface area contributed by atoms with Crippen LogP contribution in [0, 0.1) is 0 Å². The standard InChI is InChI=1S/C12H11ClN2O/c13-10-7-9(12(16)3-4-12)1-2-11(10)15-6-5-14-8-15/h1-2,5-8,16H,3-4H2. The maximum Gasteiger partial charge on any atom is 0.0992 e. The van der Waals surface area contributed by atoms with E-state index in [-0.39, 0.29) is 0 Å². The van der Waals surface area contributed by atoms with E-state index in [0.29, 0.717) is 5.02 Å². The third kappa shape index (κ3) is 1.52. The lowest BCUT2D eigenvalue weighted by Crippen LogP contribution is -2.04. The molecule has 3 nitrogen and oxygen atoms in total. The number of halogens is 1. The van der Waals surface area contributed by atoms with Gasteiger partial charge in [-0.2, -0.15) is 0 Å². The van der Waals surface area contributed by atoms with Crippen molar-refractivity contribution in [2.45, 2.75) is 18.4 Å². The van der Waals surface area contributed by atoms with E-state index in [2.05, 4.69) is 4.98 Å². The molecule has 0 atom stereocenters. The van der Waals surface area contributed by atoms with Crippen molar-refractivity contribution < 1.29 is 5.11 Å². The van der Waals surface area contributed by atoms with Crippen LogP contribution >= 0.6 is 11.6 Å². The van der Waals surface area contributed by atoms with E-state index in [1.807, 2.05) is 29.0 Å². The summed E-state index contributed by atoms with van der Waals surface area (Å²) < 4.78 is 1.85. The van der Waals surface area contributed by atoms with Crippen molar-refractivity contribution in [2.24, 2.45) is 0 Å². The topological polar surface area (TPSA) is 38.0 Å². The SMILES string of the molecule is OC1(c2ccc(-n3ccnc3)c(Cl)c2)CC1. The Hall–Kier alpha value is -1.32. The molecule has 1 aliphatic rings. The number of hydrogen-bond donors (Lipinski definition) is 1. The molecule has 1 N–H and O–H groups in total. The minimum Gasteiger partial charge on any atom is -0.385 e. The van der Waals surface area contributed by atoms with Crippen LogP contribution in [-0.2, 0) is 5.60 Å². The number of aliphatic hydroxyl groups is 1. The normalized spacial score (nSPS) is 17.4. The predicted molar refractivity (Wildman–Crippen MR) is 61.7 cm³/mol. The monoisotopic (exact) mass is 234 g/mol. The second kappa shape index (κ2) is 3.34. The first-order valence-electron chi connectivity index (χ1n) is 5.20. The van der Waals surface area contributed by atoms with Gasteiger partial charge in [0.2, 0.25) is 0 Å². The molecule has 0 spiro atoms. The zero-order valence-electron chi connectivity index (χ0n) is 8.60. The molecule has 1 fully saturated rings. The summed E-state index contributed by atoms with van der Waals surface area (Å²) in [5.41, 5.74) is 1.16. The summed E-state index contributed by atoms with van der Waals surface area (Å²) in [4.78, 5) is 3.98. The molecule has 1 aromatic heterocycles. The van der Waals surface area contributed by atoms with Gasteiger partial charge < -0.3 is 9.67 Å². The first-order valence-corrected chi connectivity index (χ1v) is 5.58. The van der Waals surface area contributed by atoms with Crippen LogP contribution in [0.15, 0.2) is 36.9 Å². The van der Waals surface area contributed by atoms with Crippen molar-refractivity contribution in [1.29, 1.82) is 0 Å². The lowest BCUT2D eigenvalue weighted by molar-refractivity contribution is 0.151. The molecular weight excluding hydrogens is 224 g/mol. The van der Waals surface area contributed by atoms with Gasteiger partial charge in [0.1, 0.15) is 0 Å². The first-order chi connectivity index (χ1) is 7.69. The molecule has 3 rings (SSSR count). The van der Waals surface area contributed by atoms with Gasteiger partial charge in [-0.25, -0.2) is 4.98 Å². The Bertz CT molecular complexity index is 518. The lowest BCUT2D eigenvalue weighted by Gasteiger charge is -2.11. The van der Waals surface area contributed by atoms with Gasteiger partial charge in [-0.15, -0.1) is 0 Å². The molecular formula is C12H11ClN2O. The Morgan fingerprint density at radius 2 is 2.19 bits per heavy atom. The summed E-state index contributed by atoms with van der Waals surface area (Å²) >= 11 is 6.19. The third-order valence-electron chi connectivity index (χ3n) is 2.99. The van der Waals surface area contributed by atoms with Gasteiger partial charge >= 0.3 is 0 Å². The highest BCUT2D eigenvalue weighted by Crippen LogP contribution is 2.46. The molecule has 82 valence electrons. The quantitative estimate of drug-likeness (QED) is 0.867. The molecule has 16 heavy (non-hydrogen) atoms. The summed E-state index contributed by atoms with van der Waals surface area (Å²) in [5, 5.41) is 10.6. The van der Waals surface area contributed by atoms with Gasteiger partial charge in [-0.3, -0.25) is 0 Å². The molecule has 1 aliphatic carbocycles. The van der Waals surface area contributed by atoms with Crippen molar-refractivity contribution in [3.05, 3.63) is 47.5 Å². The Labute approximate surface area is 98.3 Å². The zero-order chi connectivity index (χ0) is 11.2. The molecule has 4 heteroatoms. The van der Waals surface area contributed by atoms with Crippen LogP contribution in [0.2, 0.25) is 5.02 Å². The minimum absolute atomic E-state index is 0.628. The number of imidazole rings is 1. The van der Waals surface area contributed by atoms with Gasteiger partial charge in [0.15, 0.2) is 0 Å². The van der Waals surface area contributed by atoms with Gasteiger partial charge in [0.25, 0.3) is 0 Å². The van der Waals surface area contributed by atoms with Crippen LogP contribution in [0.1, 0.15) is 18.4 Å². The fraction of sp³-hybridized carbons (Fsp3) is 0.250. The smallest absolute Gasteiger partial charge is 0.0992 e. The Balaban J connectivity index is 2.04. The van der Waals surface area contributed by atoms with Gasteiger partial charge in [0.05, 0.1) is 22.6 Å². The highest BCUT2D eigenvalue weighted by Gasteiger charge is 2.42. The molecule has 1 heterocycles. The number of aromatic nitrogens is 2. The van der Waals surface area contributed by atoms with E-state index in [1.54, 1.807) is 12.5 Å². The molecule has 0 radical (unpaired) electrons. The van der Waals surface area contributed by atoms with Crippen molar-refractivity contribution >= 4 is 11.6 Å². The average Bonchev–Trinajstić information content (AvgIpc) is 2.82. The van der Waals surface area contributed by atoms with E-state index in [1.165, 1.54) is 0 Å². The van der Waals surface area contributed by atoms with Crippen molar-refractivity contribution in [2.75, 3.05) is 0 Å². The van der Waals surface area contributed by atoms with Gasteiger partial charge in [0, 0.05) is 12.4 Å². The maximum atomic E-state index is 9.97. The van der Waals surface area contributed by atoms with Crippen LogP contribution in [0.4, 0.5) is 0 Å². The van der Waals surface area contributed by atoms with Crippen molar-refractivity contribution in [1.82, 2.24) is 9.55 Å². The fourth-order valence-electron chi connectivity index (χ4n) is 1.81. The molecule has 1 aromatic carbocycles. The largest absolute Gasteiger partial charge is 0.385 e. The summed E-state index contributed by atoms with van der Waals surface area (Å²) in [7, 11) is 0. The number of rotatable bonds is 2. The van der Waals surface area contributed by atoms with Crippen LogP contribution < -0.4 is 0 Å². The highest BCUT2D eigenvalue weighted by molar-refractivity contribution is 6.32. The molecule has 0 aliphatic heterocycles. The molecule has 1 saturated carbocycles. The molecule has 0 saturated heterocycles. The Kier molecular flexibility index (Phi) is 2.06. The van der Waals surface area contributed by atoms with E-state index in [0.717, 1.165) is 24.1 Å². The second-order valence-corrected chi connectivity index (χ2v) is 4.57. The summed E-state index contributed by atoms with van der Waals surface area (Å²) in [5.74, 6) is 0. The third-order valence-corrected chi connectivity index (χ3v) is 3.29. The van der Waals surface area contributed by atoms with E-state index in [9.17, 15) is 5.11 Å². The van der Waals surface area contributed by atoms with Crippen LogP contribution in [-0.4, -0.2) is 14.7 Å². The van der Waals surface area contributed by atoms with Crippen LogP contribution in [0.25, 0.3) is 5.69 Å². The molecule has 0 unspecified atom stereocenters. The summed E-state index contributed by atoms with van der Waals surface area (Å²) in [6.45, 7) is 0. The number of benzene rings is 1. The Morgan fingerprint density at radius 1 is 1.38 bits per heavy atom. The van der Waals surface area contributed by atoms with E-state index >= 15 is 0 Å². The minimum atomic E-state index is -0.628. The average molecular weight is 235 g/mol. The molecule has 2 aromatic rings.